The van der Waals surface area contributed by atoms with Gasteiger partial charge in [0.2, 0.25) is 0 Å². The number of hydrogen-bond acceptors (Lipinski definition) is 4. The minimum Gasteiger partial charge on any atom is -0.465 e. The molecular weight excluding hydrogens is 443 g/mol. The zero-order chi connectivity index (χ0) is 24.7. The standard InChI is InChI=1S/C24H29FN4O5/c1-26-21(31)19-14-18(16-29(22(19)32)15-17-6-3-2-4-7-17)20(30)27-11-5-8-24(25)9-12-28(13-10-24)23(33)34/h2-4,6-7,14,16H,5,8-13,15H2,1H3,(H,26,31)(H,27,30)(H,33,34). The number of amides is 3. The molecule has 1 aromatic heterocycles. The maximum absolute atomic E-state index is 14.9. The number of aromatic nitrogens is 1. The van der Waals surface area contributed by atoms with Crippen LogP contribution < -0.4 is 16.2 Å². The van der Waals surface area contributed by atoms with Crippen LogP contribution in [0, 0.1) is 0 Å². The van der Waals surface area contributed by atoms with Crippen LogP contribution in [0.15, 0.2) is 47.4 Å². The Hall–Kier alpha value is -3.69. The lowest BCUT2D eigenvalue weighted by Gasteiger charge is -2.35. The predicted octanol–water partition coefficient (Wildman–Crippen LogP) is 2.25. The molecular formula is C24H29FN4O5. The van der Waals surface area contributed by atoms with Crippen molar-refractivity contribution < 1.29 is 23.9 Å². The fraction of sp³-hybridized carbons (Fsp3) is 0.417. The molecule has 0 atom stereocenters. The van der Waals surface area contributed by atoms with E-state index in [4.69, 9.17) is 5.11 Å². The molecule has 0 bridgehead atoms. The lowest BCUT2D eigenvalue weighted by atomic mass is 9.89. The number of carbonyl (C=O) groups excluding carboxylic acids is 2. The van der Waals surface area contributed by atoms with Crippen molar-refractivity contribution in [3.63, 3.8) is 0 Å². The monoisotopic (exact) mass is 472 g/mol. The van der Waals surface area contributed by atoms with Gasteiger partial charge in [-0.25, -0.2) is 9.18 Å². The third-order valence-corrected chi connectivity index (χ3v) is 6.03. The molecule has 0 radical (unpaired) electrons. The van der Waals surface area contributed by atoms with Crippen LogP contribution in [0.25, 0.3) is 0 Å². The predicted molar refractivity (Wildman–Crippen MR) is 124 cm³/mol. The van der Waals surface area contributed by atoms with Gasteiger partial charge in [-0.3, -0.25) is 14.4 Å². The molecule has 1 aliphatic heterocycles. The summed E-state index contributed by atoms with van der Waals surface area (Å²) in [5.41, 5.74) is -1.11. The fourth-order valence-electron chi connectivity index (χ4n) is 4.01. The molecule has 1 fully saturated rings. The normalized spacial score (nSPS) is 14.9. The molecule has 182 valence electrons. The Labute approximate surface area is 196 Å². The van der Waals surface area contributed by atoms with Crippen LogP contribution in [0.2, 0.25) is 0 Å². The van der Waals surface area contributed by atoms with Crippen LogP contribution >= 0.6 is 0 Å². The number of benzene rings is 1. The van der Waals surface area contributed by atoms with E-state index in [9.17, 15) is 23.6 Å². The van der Waals surface area contributed by atoms with Crippen molar-refractivity contribution >= 4 is 17.9 Å². The highest BCUT2D eigenvalue weighted by atomic mass is 19.1. The SMILES string of the molecule is CNC(=O)c1cc(C(=O)NCCCC2(F)CCN(C(=O)O)CC2)cn(Cc2ccccc2)c1=O. The average molecular weight is 473 g/mol. The molecule has 3 amide bonds. The van der Waals surface area contributed by atoms with Gasteiger partial charge >= 0.3 is 6.09 Å². The quantitative estimate of drug-likeness (QED) is 0.509. The highest BCUT2D eigenvalue weighted by Crippen LogP contribution is 2.31. The molecule has 1 aliphatic rings. The lowest BCUT2D eigenvalue weighted by Crippen LogP contribution is -2.44. The summed E-state index contributed by atoms with van der Waals surface area (Å²) in [7, 11) is 1.41. The Kier molecular flexibility index (Phi) is 8.04. The maximum Gasteiger partial charge on any atom is 0.407 e. The number of carboxylic acid groups (broad SMARTS) is 1. The molecule has 3 rings (SSSR count). The van der Waals surface area contributed by atoms with Gasteiger partial charge in [-0.15, -0.1) is 0 Å². The number of halogens is 1. The third-order valence-electron chi connectivity index (χ3n) is 6.03. The van der Waals surface area contributed by atoms with Crippen LogP contribution in [0.3, 0.4) is 0 Å². The topological polar surface area (TPSA) is 121 Å². The molecule has 0 aliphatic carbocycles. The van der Waals surface area contributed by atoms with E-state index in [1.54, 1.807) is 0 Å². The molecule has 2 heterocycles. The highest BCUT2D eigenvalue weighted by Gasteiger charge is 2.35. The number of pyridine rings is 1. The first-order chi connectivity index (χ1) is 16.2. The maximum atomic E-state index is 14.9. The van der Waals surface area contributed by atoms with E-state index >= 15 is 0 Å². The molecule has 0 unspecified atom stereocenters. The van der Waals surface area contributed by atoms with Crippen molar-refractivity contribution in [2.24, 2.45) is 0 Å². The lowest BCUT2D eigenvalue weighted by molar-refractivity contribution is 0.0492. The number of likely N-dealkylation sites (tertiary alicyclic amines) is 1. The van der Waals surface area contributed by atoms with E-state index in [1.807, 2.05) is 30.3 Å². The highest BCUT2D eigenvalue weighted by molar-refractivity contribution is 5.99. The molecule has 10 heteroatoms. The van der Waals surface area contributed by atoms with Gasteiger partial charge in [0.1, 0.15) is 11.2 Å². The Morgan fingerprint density at radius 1 is 1.12 bits per heavy atom. The third kappa shape index (κ3) is 6.21. The first-order valence-electron chi connectivity index (χ1n) is 11.2. The first kappa shape index (κ1) is 24.9. The van der Waals surface area contributed by atoms with Gasteiger partial charge in [0, 0.05) is 32.9 Å². The van der Waals surface area contributed by atoms with Crippen molar-refractivity contribution in [3.8, 4) is 0 Å². The molecule has 34 heavy (non-hydrogen) atoms. The number of carbonyl (C=O) groups is 3. The largest absolute Gasteiger partial charge is 0.465 e. The number of piperidine rings is 1. The van der Waals surface area contributed by atoms with Gasteiger partial charge in [0.15, 0.2) is 0 Å². The van der Waals surface area contributed by atoms with Crippen LogP contribution in [0.4, 0.5) is 9.18 Å². The second kappa shape index (κ2) is 11.0. The Morgan fingerprint density at radius 3 is 2.41 bits per heavy atom. The summed E-state index contributed by atoms with van der Waals surface area (Å²) in [5, 5.41) is 14.1. The van der Waals surface area contributed by atoms with Crippen molar-refractivity contribution in [2.75, 3.05) is 26.7 Å². The second-order valence-electron chi connectivity index (χ2n) is 8.42. The molecule has 1 saturated heterocycles. The van der Waals surface area contributed by atoms with E-state index in [0.29, 0.717) is 6.42 Å². The Bertz CT molecular complexity index is 1090. The zero-order valence-electron chi connectivity index (χ0n) is 19.1. The summed E-state index contributed by atoms with van der Waals surface area (Å²) >= 11 is 0. The number of nitrogens with zero attached hydrogens (tertiary/aromatic N) is 2. The van der Waals surface area contributed by atoms with Crippen molar-refractivity contribution in [2.45, 2.75) is 37.9 Å². The molecule has 1 aromatic carbocycles. The van der Waals surface area contributed by atoms with Crippen LogP contribution in [0.1, 0.15) is 52.0 Å². The Balaban J connectivity index is 1.64. The zero-order valence-corrected chi connectivity index (χ0v) is 19.1. The average Bonchev–Trinajstić information content (AvgIpc) is 2.83. The smallest absolute Gasteiger partial charge is 0.407 e. The molecule has 3 N–H and O–H groups in total. The van der Waals surface area contributed by atoms with Crippen molar-refractivity contribution in [3.05, 3.63) is 69.6 Å². The van der Waals surface area contributed by atoms with Crippen molar-refractivity contribution in [1.82, 2.24) is 20.1 Å². The van der Waals surface area contributed by atoms with E-state index in [1.165, 1.54) is 28.8 Å². The van der Waals surface area contributed by atoms with Gasteiger partial charge in [-0.05, 0) is 37.3 Å². The molecule has 9 nitrogen and oxygen atoms in total. The van der Waals surface area contributed by atoms with E-state index in [2.05, 4.69) is 10.6 Å². The fourth-order valence-corrected chi connectivity index (χ4v) is 4.01. The molecule has 2 aromatic rings. The van der Waals surface area contributed by atoms with E-state index in [-0.39, 0.29) is 56.6 Å². The number of nitrogens with one attached hydrogen (secondary N) is 2. The van der Waals surface area contributed by atoms with Gasteiger partial charge < -0.3 is 25.2 Å². The minimum absolute atomic E-state index is 0.132. The van der Waals surface area contributed by atoms with Crippen molar-refractivity contribution in [1.29, 1.82) is 0 Å². The summed E-state index contributed by atoms with van der Waals surface area (Å²) < 4.78 is 16.2. The summed E-state index contributed by atoms with van der Waals surface area (Å²) in [5.74, 6) is -1.06. The molecule has 0 saturated carbocycles. The van der Waals surface area contributed by atoms with Crippen LogP contribution in [-0.4, -0.2) is 64.8 Å². The Morgan fingerprint density at radius 2 is 1.79 bits per heavy atom. The van der Waals surface area contributed by atoms with E-state index < -0.39 is 29.1 Å². The van der Waals surface area contributed by atoms with Gasteiger partial charge in [-0.1, -0.05) is 30.3 Å². The molecule has 0 spiro atoms. The van der Waals surface area contributed by atoms with Crippen LogP contribution in [-0.2, 0) is 6.54 Å². The summed E-state index contributed by atoms with van der Waals surface area (Å²) in [6.07, 6.45) is 1.22. The first-order valence-corrected chi connectivity index (χ1v) is 11.2. The number of alkyl halides is 1. The number of hydrogen-bond donors (Lipinski definition) is 3. The minimum atomic E-state index is -1.45. The van der Waals surface area contributed by atoms with Gasteiger partial charge in [0.25, 0.3) is 17.4 Å². The number of rotatable bonds is 8. The summed E-state index contributed by atoms with van der Waals surface area (Å²) in [6, 6.07) is 10.5. The second-order valence-corrected chi connectivity index (χ2v) is 8.42. The van der Waals surface area contributed by atoms with Crippen LogP contribution in [0.5, 0.6) is 0 Å². The summed E-state index contributed by atoms with van der Waals surface area (Å²) in [4.78, 5) is 49.9. The van der Waals surface area contributed by atoms with Gasteiger partial charge in [-0.2, -0.15) is 0 Å². The van der Waals surface area contributed by atoms with E-state index in [0.717, 1.165) is 5.56 Å². The van der Waals surface area contributed by atoms with Gasteiger partial charge in [0.05, 0.1) is 12.1 Å². The summed E-state index contributed by atoms with van der Waals surface area (Å²) in [6.45, 7) is 0.718.